The number of carboxylic acid groups (broad SMARTS) is 2. The van der Waals surface area contributed by atoms with E-state index in [-0.39, 0.29) is 12.8 Å². The quantitative estimate of drug-likeness (QED) is 0.362. The summed E-state index contributed by atoms with van der Waals surface area (Å²) in [4.78, 5) is 21.3. The molecule has 0 aliphatic carbocycles. The largest absolute Gasteiger partial charge is 0.481 e. The third-order valence-electron chi connectivity index (χ3n) is 3.51. The highest BCUT2D eigenvalue weighted by Crippen LogP contribution is 2.13. The highest BCUT2D eigenvalue weighted by Gasteiger charge is 2.13. The van der Waals surface area contributed by atoms with Gasteiger partial charge in [0.2, 0.25) is 0 Å². The molecule has 0 amide bonds. The normalized spacial score (nSPS) is 11.3. The lowest BCUT2D eigenvalue weighted by Crippen LogP contribution is -2.10. The van der Waals surface area contributed by atoms with Crippen LogP contribution in [0.5, 0.6) is 0 Å². The van der Waals surface area contributed by atoms with Crippen molar-refractivity contribution >= 4 is 11.9 Å². The molecule has 0 aliphatic rings. The number of aliphatic carboxylic acids is 2. The molecule has 122 valence electrons. The van der Waals surface area contributed by atoms with Gasteiger partial charge in [-0.25, -0.2) is 0 Å². The Balaban J connectivity index is 3.66. The average Bonchev–Trinajstić information content (AvgIpc) is 2.39. The fourth-order valence-electron chi connectivity index (χ4n) is 2.34. The Hall–Kier alpha value is -1.32. The van der Waals surface area contributed by atoms with Crippen molar-refractivity contribution in [2.75, 3.05) is 0 Å². The predicted octanol–water partition coefficient (Wildman–Crippen LogP) is 4.64. The van der Waals surface area contributed by atoms with Gasteiger partial charge in [0.05, 0.1) is 12.8 Å². The van der Waals surface area contributed by atoms with Crippen molar-refractivity contribution in [3.63, 3.8) is 0 Å². The van der Waals surface area contributed by atoms with Crippen LogP contribution in [0.4, 0.5) is 0 Å². The lowest BCUT2D eigenvalue weighted by atomic mass is 10.00. The number of hydrogen-bond donors (Lipinski definition) is 2. The van der Waals surface area contributed by atoms with E-state index in [1.54, 1.807) is 6.08 Å². The van der Waals surface area contributed by atoms with Crippen molar-refractivity contribution < 1.29 is 19.8 Å². The second-order valence-corrected chi connectivity index (χ2v) is 5.65. The molecule has 0 heterocycles. The molecule has 0 rings (SSSR count). The zero-order valence-electron chi connectivity index (χ0n) is 13.2. The van der Waals surface area contributed by atoms with Gasteiger partial charge in [0.25, 0.3) is 0 Å². The lowest BCUT2D eigenvalue weighted by molar-refractivity contribution is -0.139. The van der Waals surface area contributed by atoms with E-state index in [2.05, 4.69) is 6.92 Å². The van der Waals surface area contributed by atoms with Gasteiger partial charge in [0.1, 0.15) is 0 Å². The first-order valence-corrected chi connectivity index (χ1v) is 8.16. The first-order valence-electron chi connectivity index (χ1n) is 8.16. The van der Waals surface area contributed by atoms with Gasteiger partial charge in [0.15, 0.2) is 0 Å². The van der Waals surface area contributed by atoms with Crippen molar-refractivity contribution in [2.24, 2.45) is 5.92 Å². The molecule has 4 nitrogen and oxygen atoms in total. The first-order chi connectivity index (χ1) is 10.1. The minimum Gasteiger partial charge on any atom is -0.481 e. The van der Waals surface area contributed by atoms with Gasteiger partial charge in [-0.3, -0.25) is 9.59 Å². The fraction of sp³-hybridized carbons (Fsp3) is 0.765. The van der Waals surface area contributed by atoms with Crippen molar-refractivity contribution in [2.45, 2.75) is 77.6 Å². The van der Waals surface area contributed by atoms with E-state index in [0.717, 1.165) is 12.8 Å². The topological polar surface area (TPSA) is 74.6 Å². The maximum atomic E-state index is 10.6. The predicted molar refractivity (Wildman–Crippen MR) is 84.4 cm³/mol. The number of carboxylic acids is 2. The highest BCUT2D eigenvalue weighted by molar-refractivity contribution is 5.71. The zero-order valence-corrected chi connectivity index (χ0v) is 13.2. The minimum absolute atomic E-state index is 0.111. The van der Waals surface area contributed by atoms with Crippen LogP contribution in [0.3, 0.4) is 0 Å². The molecule has 0 bridgehead atoms. The van der Waals surface area contributed by atoms with Crippen LogP contribution in [0.25, 0.3) is 0 Å². The molecule has 4 heteroatoms. The summed E-state index contributed by atoms with van der Waals surface area (Å²) in [5, 5.41) is 17.5. The van der Waals surface area contributed by atoms with Crippen molar-refractivity contribution in [3.8, 4) is 0 Å². The van der Waals surface area contributed by atoms with Gasteiger partial charge in [-0.05, 0) is 18.8 Å². The number of hydrogen-bond acceptors (Lipinski definition) is 2. The van der Waals surface area contributed by atoms with Crippen molar-refractivity contribution in [3.05, 3.63) is 12.2 Å². The standard InChI is InChI=1S/C17H30O4/c1-2-3-4-5-6-7-8-9-10-11-12-15(13-16(18)19)14-17(20)21/h11-12,15H,2-10,13-14H2,1H3,(H,18,19)(H,20,21)/b12-11+. The Morgan fingerprint density at radius 1 is 0.857 bits per heavy atom. The van der Waals surface area contributed by atoms with E-state index in [9.17, 15) is 9.59 Å². The first kappa shape index (κ1) is 19.7. The van der Waals surface area contributed by atoms with Crippen LogP contribution < -0.4 is 0 Å². The molecule has 21 heavy (non-hydrogen) atoms. The third kappa shape index (κ3) is 14.9. The van der Waals surface area contributed by atoms with E-state index in [4.69, 9.17) is 10.2 Å². The third-order valence-corrected chi connectivity index (χ3v) is 3.51. The summed E-state index contributed by atoms with van der Waals surface area (Å²) in [7, 11) is 0. The summed E-state index contributed by atoms with van der Waals surface area (Å²) >= 11 is 0. The molecule has 0 fully saturated rings. The lowest BCUT2D eigenvalue weighted by Gasteiger charge is -2.06. The summed E-state index contributed by atoms with van der Waals surface area (Å²) in [6.45, 7) is 2.22. The van der Waals surface area contributed by atoms with Crippen LogP contribution >= 0.6 is 0 Å². The molecule has 0 atom stereocenters. The molecule has 0 saturated carbocycles. The summed E-state index contributed by atoms with van der Waals surface area (Å²) in [6.07, 6.45) is 14.5. The van der Waals surface area contributed by atoms with Gasteiger partial charge in [-0.15, -0.1) is 0 Å². The number of allylic oxidation sites excluding steroid dienone is 2. The summed E-state index contributed by atoms with van der Waals surface area (Å²) < 4.78 is 0. The smallest absolute Gasteiger partial charge is 0.303 e. The maximum absolute atomic E-state index is 10.6. The average molecular weight is 298 g/mol. The molecule has 2 N–H and O–H groups in total. The molecule has 0 spiro atoms. The second kappa shape index (κ2) is 13.7. The molecule has 0 saturated heterocycles. The Morgan fingerprint density at radius 2 is 1.33 bits per heavy atom. The number of unbranched alkanes of at least 4 members (excludes halogenated alkanes) is 8. The Morgan fingerprint density at radius 3 is 1.81 bits per heavy atom. The number of rotatable bonds is 14. The molecule has 0 aromatic heterocycles. The van der Waals surface area contributed by atoms with E-state index < -0.39 is 17.9 Å². The van der Waals surface area contributed by atoms with Crippen LogP contribution in [0.1, 0.15) is 77.6 Å². The van der Waals surface area contributed by atoms with Crippen LogP contribution in [-0.4, -0.2) is 22.2 Å². The number of carbonyl (C=O) groups is 2. The van der Waals surface area contributed by atoms with Crippen LogP contribution in [0.2, 0.25) is 0 Å². The van der Waals surface area contributed by atoms with E-state index in [1.165, 1.54) is 44.9 Å². The minimum atomic E-state index is -0.946. The van der Waals surface area contributed by atoms with Gasteiger partial charge >= 0.3 is 11.9 Å². The van der Waals surface area contributed by atoms with E-state index in [1.807, 2.05) is 6.08 Å². The fourth-order valence-corrected chi connectivity index (χ4v) is 2.34. The molecule has 0 aromatic rings. The Labute approximate surface area is 128 Å². The second-order valence-electron chi connectivity index (χ2n) is 5.65. The van der Waals surface area contributed by atoms with Crippen molar-refractivity contribution in [1.82, 2.24) is 0 Å². The zero-order chi connectivity index (χ0) is 15.9. The Kier molecular flexibility index (Phi) is 12.8. The van der Waals surface area contributed by atoms with Gasteiger partial charge in [0, 0.05) is 0 Å². The van der Waals surface area contributed by atoms with Gasteiger partial charge in [-0.2, -0.15) is 0 Å². The molecular weight excluding hydrogens is 268 g/mol. The van der Waals surface area contributed by atoms with Crippen LogP contribution in [0, 0.1) is 5.92 Å². The SMILES string of the molecule is CCCCCCCCCC/C=C/C(CC(=O)O)CC(=O)O. The molecule has 0 aliphatic heterocycles. The summed E-state index contributed by atoms with van der Waals surface area (Å²) in [5.74, 6) is -2.29. The maximum Gasteiger partial charge on any atom is 0.303 e. The van der Waals surface area contributed by atoms with Gasteiger partial charge in [-0.1, -0.05) is 64.0 Å². The Bertz CT molecular complexity index is 294. The van der Waals surface area contributed by atoms with E-state index in [0.29, 0.717) is 0 Å². The molecule has 0 aromatic carbocycles. The monoisotopic (exact) mass is 298 g/mol. The van der Waals surface area contributed by atoms with Crippen LogP contribution in [-0.2, 0) is 9.59 Å². The molecule has 0 radical (unpaired) electrons. The van der Waals surface area contributed by atoms with E-state index >= 15 is 0 Å². The summed E-state index contributed by atoms with van der Waals surface area (Å²) in [6, 6.07) is 0. The van der Waals surface area contributed by atoms with Gasteiger partial charge < -0.3 is 10.2 Å². The molecular formula is C17H30O4. The summed E-state index contributed by atoms with van der Waals surface area (Å²) in [5.41, 5.74) is 0. The molecule has 0 unspecified atom stereocenters. The van der Waals surface area contributed by atoms with Crippen LogP contribution in [0.15, 0.2) is 12.2 Å². The van der Waals surface area contributed by atoms with Crippen molar-refractivity contribution in [1.29, 1.82) is 0 Å². The highest BCUT2D eigenvalue weighted by atomic mass is 16.4.